The fourth-order valence-corrected chi connectivity index (χ4v) is 3.24. The molecule has 2 aromatic carbocycles. The molecule has 23 heavy (non-hydrogen) atoms. The lowest BCUT2D eigenvalue weighted by atomic mass is 10.2. The van der Waals surface area contributed by atoms with Crippen LogP contribution in [-0.4, -0.2) is 28.0 Å². The topological polar surface area (TPSA) is 63.7 Å². The van der Waals surface area contributed by atoms with Crippen LogP contribution in [0.25, 0.3) is 0 Å². The second kappa shape index (κ2) is 6.78. The van der Waals surface area contributed by atoms with Gasteiger partial charge < -0.3 is 4.74 Å². The third kappa shape index (κ3) is 3.50. The zero-order chi connectivity index (χ0) is 17.0. The number of carbonyl (C=O) groups excluding carboxylic acids is 1. The summed E-state index contributed by atoms with van der Waals surface area (Å²) in [5, 5.41) is 0. The molecule has 7 heteroatoms. The van der Waals surface area contributed by atoms with E-state index in [0.29, 0.717) is 0 Å². The Morgan fingerprint density at radius 3 is 2.35 bits per heavy atom. The van der Waals surface area contributed by atoms with Gasteiger partial charge in [0.2, 0.25) is 0 Å². The Kier molecular flexibility index (Phi) is 5.00. The number of sulfonamides is 1. The van der Waals surface area contributed by atoms with Crippen molar-refractivity contribution in [3.63, 3.8) is 0 Å². The molecule has 0 aliphatic rings. The molecule has 0 saturated carbocycles. The van der Waals surface area contributed by atoms with Gasteiger partial charge in [-0.1, -0.05) is 12.1 Å². The Morgan fingerprint density at radius 1 is 1.13 bits per heavy atom. The molecule has 0 heterocycles. The standard InChI is InChI=1S/C16H16FNO4S/c1-3-22-16(19)14-6-4-5-7-15(14)18(2)23(20,21)13-10-8-12(17)9-11-13/h4-11H,3H2,1-2H3. The van der Waals surface area contributed by atoms with Crippen LogP contribution in [0.1, 0.15) is 17.3 Å². The monoisotopic (exact) mass is 337 g/mol. The molecular weight excluding hydrogens is 321 g/mol. The van der Waals surface area contributed by atoms with Crippen molar-refractivity contribution in [1.29, 1.82) is 0 Å². The van der Waals surface area contributed by atoms with E-state index in [1.54, 1.807) is 19.1 Å². The third-order valence-electron chi connectivity index (χ3n) is 3.21. The maximum atomic E-state index is 13.0. The maximum Gasteiger partial charge on any atom is 0.340 e. The van der Waals surface area contributed by atoms with Gasteiger partial charge in [0.15, 0.2) is 0 Å². The Bertz CT molecular complexity index is 803. The maximum absolute atomic E-state index is 13.0. The van der Waals surface area contributed by atoms with Crippen molar-refractivity contribution in [2.75, 3.05) is 18.0 Å². The van der Waals surface area contributed by atoms with Crippen LogP contribution in [-0.2, 0) is 14.8 Å². The number of benzene rings is 2. The van der Waals surface area contributed by atoms with E-state index in [0.717, 1.165) is 16.4 Å². The summed E-state index contributed by atoms with van der Waals surface area (Å²) in [7, 11) is -2.59. The molecule has 0 saturated heterocycles. The number of anilines is 1. The molecule has 2 rings (SSSR count). The highest BCUT2D eigenvalue weighted by molar-refractivity contribution is 7.92. The molecule has 0 bridgehead atoms. The predicted octanol–water partition coefficient (Wildman–Crippen LogP) is 2.83. The molecule has 0 fully saturated rings. The van der Waals surface area contributed by atoms with Crippen molar-refractivity contribution in [3.8, 4) is 0 Å². The van der Waals surface area contributed by atoms with Crippen LogP contribution in [0.15, 0.2) is 53.4 Å². The summed E-state index contributed by atoms with van der Waals surface area (Å²) in [4.78, 5) is 11.9. The van der Waals surface area contributed by atoms with Gasteiger partial charge in [0.1, 0.15) is 5.82 Å². The zero-order valence-corrected chi connectivity index (χ0v) is 13.5. The molecule has 0 unspecified atom stereocenters. The van der Waals surface area contributed by atoms with Gasteiger partial charge in [-0.3, -0.25) is 4.31 Å². The van der Waals surface area contributed by atoms with Crippen molar-refractivity contribution in [2.24, 2.45) is 0 Å². The first-order chi connectivity index (χ1) is 10.9. The predicted molar refractivity (Wildman–Crippen MR) is 84.4 cm³/mol. The second-order valence-corrected chi connectivity index (χ2v) is 6.63. The summed E-state index contributed by atoms with van der Waals surface area (Å²) in [5.41, 5.74) is 0.331. The van der Waals surface area contributed by atoms with E-state index in [1.165, 1.54) is 31.3 Å². The molecular formula is C16H16FNO4S. The number of hydrogen-bond donors (Lipinski definition) is 0. The molecule has 0 aromatic heterocycles. The number of esters is 1. The smallest absolute Gasteiger partial charge is 0.340 e. The van der Waals surface area contributed by atoms with E-state index in [4.69, 9.17) is 4.74 Å². The van der Waals surface area contributed by atoms with Gasteiger partial charge in [0, 0.05) is 7.05 Å². The van der Waals surface area contributed by atoms with Crippen molar-refractivity contribution >= 4 is 21.7 Å². The van der Waals surface area contributed by atoms with Gasteiger partial charge >= 0.3 is 5.97 Å². The van der Waals surface area contributed by atoms with E-state index in [1.807, 2.05) is 0 Å². The van der Waals surface area contributed by atoms with Crippen LogP contribution in [0.5, 0.6) is 0 Å². The summed E-state index contributed by atoms with van der Waals surface area (Å²) in [5.74, 6) is -1.14. The van der Waals surface area contributed by atoms with Gasteiger partial charge in [-0.05, 0) is 43.3 Å². The molecule has 5 nitrogen and oxygen atoms in total. The van der Waals surface area contributed by atoms with Crippen molar-refractivity contribution < 1.29 is 22.3 Å². The number of ether oxygens (including phenoxy) is 1. The molecule has 122 valence electrons. The number of para-hydroxylation sites is 1. The molecule has 0 aliphatic heterocycles. The lowest BCUT2D eigenvalue weighted by molar-refractivity contribution is 0.0527. The van der Waals surface area contributed by atoms with Crippen LogP contribution in [0.3, 0.4) is 0 Å². The van der Waals surface area contributed by atoms with Crippen LogP contribution in [0.2, 0.25) is 0 Å². The van der Waals surface area contributed by atoms with Crippen LogP contribution in [0, 0.1) is 5.82 Å². The number of carbonyl (C=O) groups is 1. The van der Waals surface area contributed by atoms with E-state index in [-0.39, 0.29) is 22.8 Å². The lowest BCUT2D eigenvalue weighted by Gasteiger charge is -2.21. The van der Waals surface area contributed by atoms with Gasteiger partial charge in [0.05, 0.1) is 22.8 Å². The SMILES string of the molecule is CCOC(=O)c1ccccc1N(C)S(=O)(=O)c1ccc(F)cc1. The van der Waals surface area contributed by atoms with Gasteiger partial charge in [0.25, 0.3) is 10.0 Å². The van der Waals surface area contributed by atoms with Crippen molar-refractivity contribution in [1.82, 2.24) is 0 Å². The van der Waals surface area contributed by atoms with E-state index in [9.17, 15) is 17.6 Å². The summed E-state index contributed by atoms with van der Waals surface area (Å²) in [6.07, 6.45) is 0. The van der Waals surface area contributed by atoms with Crippen LogP contribution >= 0.6 is 0 Å². The largest absolute Gasteiger partial charge is 0.462 e. The quantitative estimate of drug-likeness (QED) is 0.787. The van der Waals surface area contributed by atoms with Gasteiger partial charge in [-0.15, -0.1) is 0 Å². The Balaban J connectivity index is 2.46. The van der Waals surface area contributed by atoms with Crippen LogP contribution < -0.4 is 4.31 Å². The number of halogens is 1. The molecule has 0 radical (unpaired) electrons. The molecule has 0 N–H and O–H groups in total. The Labute approximate surface area is 134 Å². The summed E-state index contributed by atoms with van der Waals surface area (Å²) >= 11 is 0. The lowest BCUT2D eigenvalue weighted by Crippen LogP contribution is -2.28. The molecule has 0 aliphatic carbocycles. The van der Waals surface area contributed by atoms with Gasteiger partial charge in [-0.25, -0.2) is 17.6 Å². The highest BCUT2D eigenvalue weighted by atomic mass is 32.2. The van der Waals surface area contributed by atoms with Crippen molar-refractivity contribution in [2.45, 2.75) is 11.8 Å². The fraction of sp³-hybridized carbons (Fsp3) is 0.188. The first kappa shape index (κ1) is 17.0. The Morgan fingerprint density at radius 2 is 1.74 bits per heavy atom. The average Bonchev–Trinajstić information content (AvgIpc) is 2.54. The third-order valence-corrected chi connectivity index (χ3v) is 5.00. The van der Waals surface area contributed by atoms with Crippen LogP contribution in [0.4, 0.5) is 10.1 Å². The Hall–Kier alpha value is -2.41. The number of rotatable bonds is 5. The van der Waals surface area contributed by atoms with Crippen molar-refractivity contribution in [3.05, 3.63) is 59.9 Å². The van der Waals surface area contributed by atoms with E-state index >= 15 is 0 Å². The molecule has 2 aromatic rings. The van der Waals surface area contributed by atoms with E-state index < -0.39 is 21.8 Å². The normalized spacial score (nSPS) is 11.1. The minimum atomic E-state index is -3.92. The first-order valence-corrected chi connectivity index (χ1v) is 8.32. The highest BCUT2D eigenvalue weighted by Gasteiger charge is 2.25. The minimum Gasteiger partial charge on any atom is -0.462 e. The molecule has 0 atom stereocenters. The van der Waals surface area contributed by atoms with E-state index in [2.05, 4.69) is 0 Å². The number of hydrogen-bond acceptors (Lipinski definition) is 4. The fourth-order valence-electron chi connectivity index (χ4n) is 2.02. The minimum absolute atomic E-state index is 0.0694. The zero-order valence-electron chi connectivity index (χ0n) is 12.7. The van der Waals surface area contributed by atoms with Gasteiger partial charge in [-0.2, -0.15) is 0 Å². The first-order valence-electron chi connectivity index (χ1n) is 6.88. The number of nitrogens with zero attached hydrogens (tertiary/aromatic N) is 1. The molecule has 0 amide bonds. The summed E-state index contributed by atoms with van der Waals surface area (Å²) in [6.45, 7) is 1.85. The highest BCUT2D eigenvalue weighted by Crippen LogP contribution is 2.26. The second-order valence-electron chi connectivity index (χ2n) is 4.66. The summed E-state index contributed by atoms with van der Waals surface area (Å²) < 4.78 is 44.2. The molecule has 0 spiro atoms. The average molecular weight is 337 g/mol. The summed E-state index contributed by atoms with van der Waals surface area (Å²) in [6, 6.07) is 10.7.